The van der Waals surface area contributed by atoms with Gasteiger partial charge in [0.25, 0.3) is 10.0 Å². The predicted molar refractivity (Wildman–Crippen MR) is 142 cm³/mol. The van der Waals surface area contributed by atoms with E-state index in [0.717, 1.165) is 17.5 Å². The van der Waals surface area contributed by atoms with Crippen LogP contribution in [0.25, 0.3) is 11.1 Å². The number of thiazole rings is 1. The normalized spacial score (nSPS) is 12.3. The standard InChI is InChI=1S/C25H18ClF5N4O5S2/c1-24(2,3)22-34-21(11-41-22)35(23(36)37)42(38,39)20-8-15(26)19(9-17(20)28)40-18-7-14(25(29,30)31)16(27)6-13(18)12-4-5-32-33-10-12/h4-11H,1-3H3,(H,36,37). The molecule has 42 heavy (non-hydrogen) atoms. The lowest BCUT2D eigenvalue weighted by atomic mass is 9.98. The van der Waals surface area contributed by atoms with E-state index in [9.17, 15) is 35.9 Å². The molecule has 17 heteroatoms. The summed E-state index contributed by atoms with van der Waals surface area (Å²) in [6, 6.07) is 3.14. The van der Waals surface area contributed by atoms with Crippen LogP contribution in [0.15, 0.2) is 53.0 Å². The topological polar surface area (TPSA) is 123 Å². The Kier molecular flexibility index (Phi) is 8.19. The third-order valence-corrected chi connectivity index (χ3v) is 8.75. The SMILES string of the molecule is CC(C)(C)c1nc(N(C(=O)O)S(=O)(=O)c2cc(Cl)c(Oc3cc(C(F)(F)F)c(F)cc3-c3ccnnc3)cc2F)cs1. The summed E-state index contributed by atoms with van der Waals surface area (Å²) in [4.78, 5) is 14.9. The third kappa shape index (κ3) is 6.15. The van der Waals surface area contributed by atoms with Crippen LogP contribution in [0.1, 0.15) is 31.3 Å². The first-order valence-electron chi connectivity index (χ1n) is 11.5. The molecular weight excluding hydrogens is 631 g/mol. The maximum Gasteiger partial charge on any atom is 0.427 e. The lowest BCUT2D eigenvalue weighted by Crippen LogP contribution is -2.36. The fourth-order valence-corrected chi connectivity index (χ4v) is 6.08. The number of hydrogen-bond donors (Lipinski definition) is 1. The van der Waals surface area contributed by atoms with Crippen molar-refractivity contribution in [2.45, 2.75) is 37.3 Å². The second-order valence-electron chi connectivity index (χ2n) is 9.59. The van der Waals surface area contributed by atoms with Crippen molar-refractivity contribution < 1.29 is 45.0 Å². The minimum absolute atomic E-state index is 0.0819. The van der Waals surface area contributed by atoms with Crippen molar-refractivity contribution in [2.75, 3.05) is 4.31 Å². The van der Waals surface area contributed by atoms with Crippen molar-refractivity contribution in [1.29, 1.82) is 0 Å². The number of carbonyl (C=O) groups is 1. The molecule has 0 atom stereocenters. The molecular formula is C25H18ClF5N4O5S2. The van der Waals surface area contributed by atoms with Crippen LogP contribution >= 0.6 is 22.9 Å². The Hall–Kier alpha value is -3.89. The van der Waals surface area contributed by atoms with Crippen LogP contribution in [0.3, 0.4) is 0 Å². The van der Waals surface area contributed by atoms with Crippen LogP contribution in [0.4, 0.5) is 32.6 Å². The van der Waals surface area contributed by atoms with Crippen molar-refractivity contribution in [1.82, 2.24) is 15.2 Å². The maximum absolute atomic E-state index is 15.3. The van der Waals surface area contributed by atoms with Gasteiger partial charge in [0.1, 0.15) is 33.0 Å². The van der Waals surface area contributed by atoms with Crippen molar-refractivity contribution in [3.8, 4) is 22.6 Å². The van der Waals surface area contributed by atoms with Crippen molar-refractivity contribution in [3.63, 3.8) is 0 Å². The van der Waals surface area contributed by atoms with E-state index in [2.05, 4.69) is 15.2 Å². The van der Waals surface area contributed by atoms with E-state index >= 15 is 4.39 Å². The molecule has 222 valence electrons. The quantitative estimate of drug-likeness (QED) is 0.213. The maximum atomic E-state index is 15.3. The lowest BCUT2D eigenvalue weighted by molar-refractivity contribution is -0.140. The number of amides is 1. The Morgan fingerprint density at radius 3 is 2.29 bits per heavy atom. The van der Waals surface area contributed by atoms with Crippen LogP contribution < -0.4 is 9.04 Å². The number of nitrogens with zero attached hydrogens (tertiary/aromatic N) is 4. The molecule has 9 nitrogen and oxygen atoms in total. The van der Waals surface area contributed by atoms with Gasteiger partial charge in [-0.05, 0) is 24.3 Å². The molecule has 0 aliphatic heterocycles. The van der Waals surface area contributed by atoms with Crippen LogP contribution in [-0.2, 0) is 21.6 Å². The zero-order chi connectivity index (χ0) is 31.2. The first-order valence-corrected chi connectivity index (χ1v) is 14.2. The molecule has 4 aromatic rings. The summed E-state index contributed by atoms with van der Waals surface area (Å²) >= 11 is 7.15. The second kappa shape index (κ2) is 11.1. The zero-order valence-electron chi connectivity index (χ0n) is 21.6. The van der Waals surface area contributed by atoms with E-state index in [1.807, 2.05) is 0 Å². The van der Waals surface area contributed by atoms with Crippen molar-refractivity contribution in [3.05, 3.63) is 75.3 Å². The summed E-state index contributed by atoms with van der Waals surface area (Å²) < 4.78 is 102. The Balaban J connectivity index is 1.80. The Bertz CT molecular complexity index is 1780. The monoisotopic (exact) mass is 648 g/mol. The number of anilines is 1. The molecule has 4 rings (SSSR count). The summed E-state index contributed by atoms with van der Waals surface area (Å²) in [6.45, 7) is 5.30. The van der Waals surface area contributed by atoms with Gasteiger partial charge in [0, 0.05) is 28.0 Å². The zero-order valence-corrected chi connectivity index (χ0v) is 24.0. The van der Waals surface area contributed by atoms with Gasteiger partial charge < -0.3 is 9.84 Å². The summed E-state index contributed by atoms with van der Waals surface area (Å²) in [5, 5.41) is 17.8. The molecule has 0 radical (unpaired) electrons. The van der Waals surface area contributed by atoms with Gasteiger partial charge in [-0.15, -0.1) is 15.6 Å². The molecule has 1 amide bonds. The average molecular weight is 649 g/mol. The van der Waals surface area contributed by atoms with Crippen LogP contribution in [0.5, 0.6) is 11.5 Å². The Labute approximate surface area is 244 Å². The number of aromatic nitrogens is 3. The molecule has 0 unspecified atom stereocenters. The van der Waals surface area contributed by atoms with E-state index in [-0.39, 0.29) is 15.4 Å². The number of rotatable bonds is 6. The van der Waals surface area contributed by atoms with E-state index in [1.54, 1.807) is 20.8 Å². The largest absolute Gasteiger partial charge is 0.464 e. The molecule has 0 spiro atoms. The molecule has 1 N–H and O–H groups in total. The number of carboxylic acid groups (broad SMARTS) is 1. The van der Waals surface area contributed by atoms with Crippen LogP contribution in [0, 0.1) is 11.6 Å². The molecule has 0 saturated carbocycles. The third-order valence-electron chi connectivity index (χ3n) is 5.51. The molecule has 0 bridgehead atoms. The van der Waals surface area contributed by atoms with Gasteiger partial charge in [0.15, 0.2) is 5.82 Å². The molecule has 2 aromatic carbocycles. The molecule has 0 aliphatic carbocycles. The average Bonchev–Trinajstić information content (AvgIpc) is 3.36. The summed E-state index contributed by atoms with van der Waals surface area (Å²) in [6.07, 6.45) is -4.83. The van der Waals surface area contributed by atoms with Gasteiger partial charge in [-0.25, -0.2) is 27.0 Å². The number of hydrogen-bond acceptors (Lipinski definition) is 8. The predicted octanol–water partition coefficient (Wildman–Crippen LogP) is 7.51. The number of ether oxygens (including phenoxy) is 1. The highest BCUT2D eigenvalue weighted by molar-refractivity contribution is 7.93. The minimum Gasteiger partial charge on any atom is -0.464 e. The first-order chi connectivity index (χ1) is 19.4. The molecule has 0 fully saturated rings. The van der Waals surface area contributed by atoms with Gasteiger partial charge in [0.2, 0.25) is 0 Å². The van der Waals surface area contributed by atoms with Crippen molar-refractivity contribution in [2.24, 2.45) is 0 Å². The van der Waals surface area contributed by atoms with Gasteiger partial charge in [-0.3, -0.25) is 0 Å². The number of benzene rings is 2. The first kappa shape index (κ1) is 31.1. The van der Waals surface area contributed by atoms with Crippen molar-refractivity contribution >= 4 is 44.9 Å². The number of sulfonamides is 1. The van der Waals surface area contributed by atoms with Gasteiger partial charge >= 0.3 is 12.3 Å². The summed E-state index contributed by atoms with van der Waals surface area (Å²) in [5.74, 6) is -4.96. The van der Waals surface area contributed by atoms with Gasteiger partial charge in [-0.2, -0.15) is 23.4 Å². The highest BCUT2D eigenvalue weighted by atomic mass is 35.5. The van der Waals surface area contributed by atoms with Gasteiger partial charge in [-0.1, -0.05) is 32.4 Å². The number of halogens is 6. The fourth-order valence-electron chi connectivity index (χ4n) is 3.56. The Morgan fingerprint density at radius 1 is 1.05 bits per heavy atom. The van der Waals surface area contributed by atoms with E-state index in [1.165, 1.54) is 17.6 Å². The van der Waals surface area contributed by atoms with Crippen LogP contribution in [0.2, 0.25) is 5.02 Å². The molecule has 2 aromatic heterocycles. The van der Waals surface area contributed by atoms with E-state index < -0.39 is 72.1 Å². The summed E-state index contributed by atoms with van der Waals surface area (Å²) in [7, 11) is -5.16. The highest BCUT2D eigenvalue weighted by Crippen LogP contribution is 2.43. The molecule has 0 aliphatic rings. The molecule has 0 saturated heterocycles. The second-order valence-corrected chi connectivity index (χ2v) is 12.6. The minimum atomic E-state index is -5.16. The number of alkyl halides is 3. The van der Waals surface area contributed by atoms with E-state index in [4.69, 9.17) is 16.3 Å². The smallest absolute Gasteiger partial charge is 0.427 e. The highest BCUT2D eigenvalue weighted by Gasteiger charge is 2.38. The van der Waals surface area contributed by atoms with E-state index in [0.29, 0.717) is 29.3 Å². The van der Waals surface area contributed by atoms with Crippen LogP contribution in [-0.4, -0.2) is 34.8 Å². The van der Waals surface area contributed by atoms with Gasteiger partial charge in [0.05, 0.1) is 23.0 Å². The fraction of sp³-hybridized carbons (Fsp3) is 0.200. The Morgan fingerprint density at radius 2 is 1.74 bits per heavy atom. The molecule has 2 heterocycles. The lowest BCUT2D eigenvalue weighted by Gasteiger charge is -2.19. The summed E-state index contributed by atoms with van der Waals surface area (Å²) in [5.41, 5.74) is -2.41.